The molecule has 1 fully saturated rings. The van der Waals surface area contributed by atoms with Crippen molar-refractivity contribution in [3.8, 4) is 0 Å². The first-order valence-corrected chi connectivity index (χ1v) is 10.6. The van der Waals surface area contributed by atoms with Gasteiger partial charge in [0.15, 0.2) is 0 Å². The van der Waals surface area contributed by atoms with E-state index in [0.717, 1.165) is 23.6 Å². The van der Waals surface area contributed by atoms with Crippen molar-refractivity contribution >= 4 is 34.7 Å². The minimum absolute atomic E-state index is 0.0245. The predicted molar refractivity (Wildman–Crippen MR) is 123 cm³/mol. The van der Waals surface area contributed by atoms with Gasteiger partial charge in [-0.2, -0.15) is 0 Å². The van der Waals surface area contributed by atoms with Crippen LogP contribution in [0.15, 0.2) is 72.3 Å². The molecule has 4 nitrogen and oxygen atoms in total. The smallest absolute Gasteiger partial charge is 0.300 e. The third-order valence-electron chi connectivity index (χ3n) is 5.65. The summed E-state index contributed by atoms with van der Waals surface area (Å²) in [5.41, 5.74) is 3.41. The lowest BCUT2D eigenvalue weighted by Gasteiger charge is -2.26. The summed E-state index contributed by atoms with van der Waals surface area (Å²) in [6, 6.07) is 17.5. The van der Waals surface area contributed by atoms with Gasteiger partial charge >= 0.3 is 0 Å². The van der Waals surface area contributed by atoms with Gasteiger partial charge in [-0.1, -0.05) is 72.6 Å². The van der Waals surface area contributed by atoms with E-state index in [9.17, 15) is 19.1 Å². The number of carbonyl (C=O) groups is 2. The zero-order chi connectivity index (χ0) is 23.0. The number of hydrogen-bond acceptors (Lipinski definition) is 3. The summed E-state index contributed by atoms with van der Waals surface area (Å²) in [6.07, 6.45) is 0.831. The predicted octanol–water partition coefficient (Wildman–Crippen LogP) is 5.98. The number of amides is 1. The standard InChI is InChI=1S/C26H21ClFNO3/c1-3-16-6-10-17(11-7-16)23-22(24(30)18-8-4-15(2)5-9-18)25(31)26(32)29(23)19-12-13-21(28)20(27)14-19/h4-14,23,30H,3H2,1-2H3/b24-22+. The number of benzene rings is 3. The summed E-state index contributed by atoms with van der Waals surface area (Å²) >= 11 is 5.96. The minimum Gasteiger partial charge on any atom is -0.507 e. The molecule has 1 aliphatic heterocycles. The summed E-state index contributed by atoms with van der Waals surface area (Å²) in [5.74, 6) is -2.52. The Bertz CT molecular complexity index is 1230. The molecule has 0 bridgehead atoms. The van der Waals surface area contributed by atoms with Crippen LogP contribution < -0.4 is 4.90 Å². The SMILES string of the molecule is CCc1ccc(C2/C(=C(\O)c3ccc(C)cc3)C(=O)C(=O)N2c2ccc(F)c(Cl)c2)cc1. The van der Waals surface area contributed by atoms with Gasteiger partial charge < -0.3 is 5.11 Å². The van der Waals surface area contributed by atoms with Gasteiger partial charge in [-0.05, 0) is 42.7 Å². The maximum atomic E-state index is 13.8. The molecule has 1 heterocycles. The highest BCUT2D eigenvalue weighted by Gasteiger charge is 2.47. The number of ketones is 1. The maximum absolute atomic E-state index is 13.8. The number of hydrogen-bond donors (Lipinski definition) is 1. The zero-order valence-corrected chi connectivity index (χ0v) is 18.4. The molecule has 3 aromatic rings. The van der Waals surface area contributed by atoms with Gasteiger partial charge in [0.2, 0.25) is 0 Å². The molecule has 1 atom stereocenters. The molecule has 0 saturated carbocycles. The molecule has 0 radical (unpaired) electrons. The molecule has 0 aliphatic carbocycles. The van der Waals surface area contributed by atoms with E-state index in [-0.39, 0.29) is 22.0 Å². The van der Waals surface area contributed by atoms with Crippen LogP contribution in [0.3, 0.4) is 0 Å². The number of aliphatic hydroxyl groups is 1. The van der Waals surface area contributed by atoms with E-state index in [1.54, 1.807) is 12.1 Å². The van der Waals surface area contributed by atoms with Crippen molar-refractivity contribution in [3.63, 3.8) is 0 Å². The Morgan fingerprint density at radius 3 is 2.28 bits per heavy atom. The first kappa shape index (κ1) is 21.8. The maximum Gasteiger partial charge on any atom is 0.300 e. The van der Waals surface area contributed by atoms with E-state index in [2.05, 4.69) is 0 Å². The second-order valence-electron chi connectivity index (χ2n) is 7.73. The molecule has 32 heavy (non-hydrogen) atoms. The van der Waals surface area contributed by atoms with Crippen molar-refractivity contribution < 1.29 is 19.1 Å². The van der Waals surface area contributed by atoms with Crippen LogP contribution in [0.5, 0.6) is 0 Å². The van der Waals surface area contributed by atoms with Crippen molar-refractivity contribution in [2.75, 3.05) is 4.90 Å². The van der Waals surface area contributed by atoms with Crippen molar-refractivity contribution in [3.05, 3.63) is 105 Å². The van der Waals surface area contributed by atoms with E-state index >= 15 is 0 Å². The summed E-state index contributed by atoms with van der Waals surface area (Å²) < 4.78 is 13.8. The fraction of sp³-hybridized carbons (Fsp3) is 0.154. The van der Waals surface area contributed by atoms with Crippen LogP contribution in [-0.2, 0) is 16.0 Å². The van der Waals surface area contributed by atoms with Crippen molar-refractivity contribution in [2.24, 2.45) is 0 Å². The van der Waals surface area contributed by atoms with E-state index in [0.29, 0.717) is 11.1 Å². The molecule has 0 aromatic heterocycles. The average molecular weight is 450 g/mol. The molecule has 1 amide bonds. The highest BCUT2D eigenvalue weighted by Crippen LogP contribution is 2.42. The molecule has 6 heteroatoms. The Kier molecular flexibility index (Phi) is 5.85. The summed E-state index contributed by atoms with van der Waals surface area (Å²) in [7, 11) is 0. The number of aliphatic hydroxyl groups excluding tert-OH is 1. The number of anilines is 1. The van der Waals surface area contributed by atoms with E-state index in [1.165, 1.54) is 17.0 Å². The normalized spacial score (nSPS) is 17.8. The minimum atomic E-state index is -0.885. The van der Waals surface area contributed by atoms with Crippen molar-refractivity contribution in [1.29, 1.82) is 0 Å². The molecule has 1 N–H and O–H groups in total. The Hall–Kier alpha value is -3.44. The van der Waals surface area contributed by atoms with Gasteiger partial charge in [0, 0.05) is 11.3 Å². The number of nitrogens with zero attached hydrogens (tertiary/aromatic N) is 1. The monoisotopic (exact) mass is 449 g/mol. The zero-order valence-electron chi connectivity index (χ0n) is 17.6. The topological polar surface area (TPSA) is 57.6 Å². The Labute approximate surface area is 190 Å². The first-order valence-electron chi connectivity index (χ1n) is 10.2. The third kappa shape index (κ3) is 3.80. The molecule has 1 saturated heterocycles. The van der Waals surface area contributed by atoms with E-state index in [4.69, 9.17) is 11.6 Å². The van der Waals surface area contributed by atoms with Crippen LogP contribution in [0.25, 0.3) is 5.76 Å². The highest BCUT2D eigenvalue weighted by atomic mass is 35.5. The molecule has 162 valence electrons. The van der Waals surface area contributed by atoms with Crippen LogP contribution in [0.2, 0.25) is 5.02 Å². The van der Waals surface area contributed by atoms with Crippen molar-refractivity contribution in [1.82, 2.24) is 0 Å². The molecule has 1 aliphatic rings. The van der Waals surface area contributed by atoms with Crippen LogP contribution >= 0.6 is 11.6 Å². The second-order valence-corrected chi connectivity index (χ2v) is 8.14. The highest BCUT2D eigenvalue weighted by molar-refractivity contribution is 6.51. The van der Waals surface area contributed by atoms with Gasteiger partial charge in [-0.15, -0.1) is 0 Å². The van der Waals surface area contributed by atoms with Crippen molar-refractivity contribution in [2.45, 2.75) is 26.3 Å². The van der Waals surface area contributed by atoms with Crippen LogP contribution in [0, 0.1) is 12.7 Å². The number of rotatable bonds is 4. The lowest BCUT2D eigenvalue weighted by molar-refractivity contribution is -0.132. The first-order chi connectivity index (χ1) is 15.3. The third-order valence-corrected chi connectivity index (χ3v) is 5.94. The lowest BCUT2D eigenvalue weighted by Crippen LogP contribution is -2.29. The molecule has 0 spiro atoms. The average Bonchev–Trinajstić information content (AvgIpc) is 3.06. The Morgan fingerprint density at radius 1 is 1.03 bits per heavy atom. The van der Waals surface area contributed by atoms with Gasteiger partial charge in [-0.3, -0.25) is 14.5 Å². The van der Waals surface area contributed by atoms with Gasteiger partial charge in [-0.25, -0.2) is 4.39 Å². The van der Waals surface area contributed by atoms with Gasteiger partial charge in [0.1, 0.15) is 11.6 Å². The summed E-state index contributed by atoms with van der Waals surface area (Å²) in [5, 5.41) is 10.9. The Balaban J connectivity index is 1.94. The lowest BCUT2D eigenvalue weighted by atomic mass is 9.94. The summed E-state index contributed by atoms with van der Waals surface area (Å²) in [6.45, 7) is 3.94. The largest absolute Gasteiger partial charge is 0.507 e. The fourth-order valence-corrected chi connectivity index (χ4v) is 4.03. The van der Waals surface area contributed by atoms with Gasteiger partial charge in [0.05, 0.1) is 16.6 Å². The summed E-state index contributed by atoms with van der Waals surface area (Å²) in [4.78, 5) is 27.5. The number of aryl methyl sites for hydroxylation is 2. The number of Topliss-reactive ketones (excluding diaryl/α,β-unsaturated/α-hetero) is 1. The van der Waals surface area contributed by atoms with Crippen LogP contribution in [0.1, 0.15) is 35.2 Å². The van der Waals surface area contributed by atoms with E-state index in [1.807, 2.05) is 50.2 Å². The molecule has 4 rings (SSSR count). The molecular weight excluding hydrogens is 429 g/mol. The second kappa shape index (κ2) is 8.60. The van der Waals surface area contributed by atoms with Crippen LogP contribution in [-0.4, -0.2) is 16.8 Å². The molecule has 3 aromatic carbocycles. The Morgan fingerprint density at radius 2 is 1.69 bits per heavy atom. The number of halogens is 2. The quantitative estimate of drug-likeness (QED) is 0.303. The van der Waals surface area contributed by atoms with Crippen LogP contribution in [0.4, 0.5) is 10.1 Å². The van der Waals surface area contributed by atoms with E-state index < -0.39 is 23.5 Å². The number of carbonyl (C=O) groups excluding carboxylic acids is 2. The fourth-order valence-electron chi connectivity index (χ4n) is 3.85. The van der Waals surface area contributed by atoms with Gasteiger partial charge in [0.25, 0.3) is 11.7 Å². The molecular formula is C26H21ClFNO3. The molecule has 1 unspecified atom stereocenters.